The highest BCUT2D eigenvalue weighted by Gasteiger charge is 2.47. The number of halogens is 2. The lowest BCUT2D eigenvalue weighted by Crippen LogP contribution is -2.48. The monoisotopic (exact) mass is 294 g/mol. The first-order chi connectivity index (χ1) is 10.1. The van der Waals surface area contributed by atoms with Crippen molar-refractivity contribution in [1.82, 2.24) is 10.6 Å². The summed E-state index contributed by atoms with van der Waals surface area (Å²) in [5.41, 5.74) is 0.0657. The van der Waals surface area contributed by atoms with Gasteiger partial charge in [0.1, 0.15) is 11.6 Å². The Morgan fingerprint density at radius 3 is 2.71 bits per heavy atom. The van der Waals surface area contributed by atoms with Crippen molar-refractivity contribution in [3.63, 3.8) is 0 Å². The molecule has 114 valence electrons. The van der Waals surface area contributed by atoms with E-state index < -0.39 is 11.6 Å². The maximum atomic E-state index is 13.7. The molecule has 3 rings (SSSR count). The fraction of sp³-hybridized carbons (Fsp3) is 0.562. The van der Waals surface area contributed by atoms with E-state index in [1.165, 1.54) is 18.2 Å². The third kappa shape index (κ3) is 2.93. The molecule has 1 aliphatic heterocycles. The van der Waals surface area contributed by atoms with Gasteiger partial charge in [0.25, 0.3) is 0 Å². The summed E-state index contributed by atoms with van der Waals surface area (Å²) in [5.74, 6) is -1.40. The molecule has 1 heterocycles. The van der Waals surface area contributed by atoms with Gasteiger partial charge in [0.15, 0.2) is 0 Å². The van der Waals surface area contributed by atoms with Gasteiger partial charge in [-0.15, -0.1) is 0 Å². The van der Waals surface area contributed by atoms with Gasteiger partial charge in [-0.05, 0) is 44.0 Å². The molecule has 2 aliphatic rings. The number of nitrogens with one attached hydrogen (secondary N) is 2. The molecule has 0 radical (unpaired) electrons. The summed E-state index contributed by atoms with van der Waals surface area (Å²) in [6.45, 7) is 3.88. The normalized spacial score (nSPS) is 31.8. The number of hydrogen-bond acceptors (Lipinski definition) is 2. The summed E-state index contributed by atoms with van der Waals surface area (Å²) >= 11 is 0. The summed E-state index contributed by atoms with van der Waals surface area (Å²) in [4.78, 5) is 12.2. The first kappa shape index (κ1) is 14.4. The standard InChI is InChI=1S/C16H20F2N2O/c1-9-8-19-6-5-14(9)20-16(21)11-7-10(11)15-12(17)3-2-4-13(15)18/h2-4,9-11,14,19H,5-8H2,1H3,(H,20,21). The molecule has 0 aromatic heterocycles. The van der Waals surface area contributed by atoms with Crippen molar-refractivity contribution in [3.8, 4) is 0 Å². The number of carbonyl (C=O) groups excluding carboxylic acids is 1. The average molecular weight is 294 g/mol. The van der Waals surface area contributed by atoms with E-state index in [1.807, 2.05) is 0 Å². The van der Waals surface area contributed by atoms with Crippen LogP contribution in [-0.4, -0.2) is 25.0 Å². The SMILES string of the molecule is CC1CNCCC1NC(=O)C1CC1c1c(F)cccc1F. The largest absolute Gasteiger partial charge is 0.353 e. The van der Waals surface area contributed by atoms with E-state index >= 15 is 0 Å². The molecule has 0 bridgehead atoms. The maximum absolute atomic E-state index is 13.7. The number of amides is 1. The minimum atomic E-state index is -0.550. The fourth-order valence-electron chi connectivity index (χ4n) is 3.19. The van der Waals surface area contributed by atoms with E-state index in [1.54, 1.807) is 0 Å². The van der Waals surface area contributed by atoms with Crippen LogP contribution in [0.5, 0.6) is 0 Å². The van der Waals surface area contributed by atoms with Crippen LogP contribution in [-0.2, 0) is 4.79 Å². The zero-order valence-corrected chi connectivity index (χ0v) is 12.0. The second-order valence-electron chi connectivity index (χ2n) is 6.17. The average Bonchev–Trinajstić information content (AvgIpc) is 3.21. The highest BCUT2D eigenvalue weighted by molar-refractivity contribution is 5.83. The van der Waals surface area contributed by atoms with Crippen LogP contribution in [0.4, 0.5) is 8.78 Å². The first-order valence-electron chi connectivity index (χ1n) is 7.53. The van der Waals surface area contributed by atoms with E-state index in [0.29, 0.717) is 12.3 Å². The first-order valence-corrected chi connectivity index (χ1v) is 7.53. The Bertz CT molecular complexity index is 529. The number of piperidine rings is 1. The molecular weight excluding hydrogens is 274 g/mol. The molecule has 2 N–H and O–H groups in total. The molecule has 5 heteroatoms. The van der Waals surface area contributed by atoms with E-state index in [0.717, 1.165) is 19.5 Å². The summed E-state index contributed by atoms with van der Waals surface area (Å²) in [7, 11) is 0. The molecule has 2 fully saturated rings. The predicted molar refractivity (Wildman–Crippen MR) is 75.8 cm³/mol. The molecule has 1 amide bonds. The van der Waals surface area contributed by atoms with Gasteiger partial charge >= 0.3 is 0 Å². The van der Waals surface area contributed by atoms with Gasteiger partial charge in [0.05, 0.1) is 0 Å². The third-order valence-corrected chi connectivity index (χ3v) is 4.61. The maximum Gasteiger partial charge on any atom is 0.223 e. The second kappa shape index (κ2) is 5.72. The lowest BCUT2D eigenvalue weighted by Gasteiger charge is -2.30. The molecule has 4 unspecified atom stereocenters. The van der Waals surface area contributed by atoms with Gasteiger partial charge in [-0.1, -0.05) is 13.0 Å². The minimum absolute atomic E-state index is 0.0657. The van der Waals surface area contributed by atoms with Crippen LogP contribution in [0, 0.1) is 23.5 Å². The molecule has 4 atom stereocenters. The molecule has 1 aromatic rings. The van der Waals surface area contributed by atoms with Crippen LogP contribution in [0.15, 0.2) is 18.2 Å². The van der Waals surface area contributed by atoms with Gasteiger partial charge in [0.2, 0.25) is 5.91 Å². The lowest BCUT2D eigenvalue weighted by atomic mass is 9.95. The van der Waals surface area contributed by atoms with E-state index in [4.69, 9.17) is 0 Å². The van der Waals surface area contributed by atoms with Crippen molar-refractivity contribution in [2.24, 2.45) is 11.8 Å². The van der Waals surface area contributed by atoms with Gasteiger partial charge < -0.3 is 10.6 Å². The van der Waals surface area contributed by atoms with Crippen molar-refractivity contribution in [3.05, 3.63) is 35.4 Å². The van der Waals surface area contributed by atoms with Crippen molar-refractivity contribution >= 4 is 5.91 Å². The van der Waals surface area contributed by atoms with Crippen LogP contribution >= 0.6 is 0 Å². The molecule has 21 heavy (non-hydrogen) atoms. The molecule has 1 saturated heterocycles. The predicted octanol–water partition coefficient (Wildman–Crippen LogP) is 2.18. The van der Waals surface area contributed by atoms with Crippen molar-refractivity contribution in [2.75, 3.05) is 13.1 Å². The molecular formula is C16H20F2N2O. The Hall–Kier alpha value is -1.49. The van der Waals surface area contributed by atoms with E-state index in [-0.39, 0.29) is 29.3 Å². The van der Waals surface area contributed by atoms with E-state index in [2.05, 4.69) is 17.6 Å². The second-order valence-corrected chi connectivity index (χ2v) is 6.17. The quantitative estimate of drug-likeness (QED) is 0.897. The molecule has 1 aliphatic carbocycles. The van der Waals surface area contributed by atoms with Crippen LogP contribution in [0.25, 0.3) is 0 Å². The number of hydrogen-bond donors (Lipinski definition) is 2. The summed E-state index contributed by atoms with van der Waals surface area (Å²) in [5, 5.41) is 6.33. The fourth-order valence-corrected chi connectivity index (χ4v) is 3.19. The van der Waals surface area contributed by atoms with Gasteiger partial charge in [0, 0.05) is 23.4 Å². The summed E-state index contributed by atoms with van der Waals surface area (Å²) < 4.78 is 27.4. The molecule has 3 nitrogen and oxygen atoms in total. The number of benzene rings is 1. The molecule has 1 saturated carbocycles. The Morgan fingerprint density at radius 1 is 1.33 bits per heavy atom. The molecule has 1 aromatic carbocycles. The zero-order valence-electron chi connectivity index (χ0n) is 12.0. The summed E-state index contributed by atoms with van der Waals surface area (Å²) in [6, 6.07) is 4.01. The summed E-state index contributed by atoms with van der Waals surface area (Å²) in [6.07, 6.45) is 1.43. The lowest BCUT2D eigenvalue weighted by molar-refractivity contribution is -0.123. The number of carbonyl (C=O) groups is 1. The van der Waals surface area contributed by atoms with Crippen LogP contribution in [0.3, 0.4) is 0 Å². The van der Waals surface area contributed by atoms with Crippen molar-refractivity contribution in [2.45, 2.75) is 31.7 Å². The minimum Gasteiger partial charge on any atom is -0.353 e. The van der Waals surface area contributed by atoms with Crippen LogP contribution in [0.1, 0.15) is 31.2 Å². The highest BCUT2D eigenvalue weighted by Crippen LogP contribution is 2.49. The van der Waals surface area contributed by atoms with Gasteiger partial charge in [-0.3, -0.25) is 4.79 Å². The number of rotatable bonds is 3. The van der Waals surface area contributed by atoms with Crippen molar-refractivity contribution < 1.29 is 13.6 Å². The smallest absolute Gasteiger partial charge is 0.223 e. The topological polar surface area (TPSA) is 41.1 Å². The molecule has 0 spiro atoms. The van der Waals surface area contributed by atoms with Crippen LogP contribution < -0.4 is 10.6 Å². The Labute approximate surface area is 123 Å². The third-order valence-electron chi connectivity index (χ3n) is 4.61. The highest BCUT2D eigenvalue weighted by atomic mass is 19.1. The Balaban J connectivity index is 1.63. The Morgan fingerprint density at radius 2 is 2.05 bits per heavy atom. The van der Waals surface area contributed by atoms with Gasteiger partial charge in [-0.25, -0.2) is 8.78 Å². The van der Waals surface area contributed by atoms with E-state index in [9.17, 15) is 13.6 Å². The van der Waals surface area contributed by atoms with Crippen molar-refractivity contribution in [1.29, 1.82) is 0 Å². The Kier molecular flexibility index (Phi) is 3.93. The van der Waals surface area contributed by atoms with Gasteiger partial charge in [-0.2, -0.15) is 0 Å². The van der Waals surface area contributed by atoms with Crippen LogP contribution in [0.2, 0.25) is 0 Å². The zero-order chi connectivity index (χ0) is 15.0.